The lowest BCUT2D eigenvalue weighted by Gasteiger charge is -2.08. The number of aryl methyl sites for hydroxylation is 1. The van der Waals surface area contributed by atoms with Gasteiger partial charge in [-0.05, 0) is 31.2 Å². The van der Waals surface area contributed by atoms with E-state index in [4.69, 9.17) is 4.74 Å². The standard InChI is InChI=1S/C14H15N3O3/c1-10-4-6-11(7-5-10)20-9-13(18)16-17-14(19)12-3-2-8-15-12/h2-8,15H,9H2,1H3,(H,16,18)(H,17,19). The summed E-state index contributed by atoms with van der Waals surface area (Å²) in [6.45, 7) is 1.79. The van der Waals surface area contributed by atoms with Crippen molar-refractivity contribution in [3.8, 4) is 5.75 Å². The molecule has 2 rings (SSSR count). The van der Waals surface area contributed by atoms with Crippen LogP contribution in [0.1, 0.15) is 16.1 Å². The molecule has 2 aromatic rings. The van der Waals surface area contributed by atoms with Gasteiger partial charge in [0, 0.05) is 6.20 Å². The van der Waals surface area contributed by atoms with Gasteiger partial charge in [-0.15, -0.1) is 0 Å². The Morgan fingerprint density at radius 3 is 2.55 bits per heavy atom. The first-order chi connectivity index (χ1) is 9.65. The third-order valence-corrected chi connectivity index (χ3v) is 2.55. The predicted octanol–water partition coefficient (Wildman–Crippen LogP) is 1.16. The van der Waals surface area contributed by atoms with Gasteiger partial charge in [0.05, 0.1) is 0 Å². The summed E-state index contributed by atoms with van der Waals surface area (Å²) in [6.07, 6.45) is 1.62. The second-order valence-electron chi connectivity index (χ2n) is 4.19. The number of rotatable bonds is 4. The molecule has 0 radical (unpaired) electrons. The Balaban J connectivity index is 1.73. The molecular weight excluding hydrogens is 258 g/mol. The first kappa shape index (κ1) is 13.7. The minimum absolute atomic E-state index is 0.173. The lowest BCUT2D eigenvalue weighted by Crippen LogP contribution is -2.43. The molecule has 3 N–H and O–H groups in total. The quantitative estimate of drug-likeness (QED) is 0.731. The third kappa shape index (κ3) is 3.88. The van der Waals surface area contributed by atoms with Gasteiger partial charge in [-0.2, -0.15) is 0 Å². The zero-order valence-corrected chi connectivity index (χ0v) is 11.0. The van der Waals surface area contributed by atoms with Gasteiger partial charge in [0.15, 0.2) is 6.61 Å². The van der Waals surface area contributed by atoms with E-state index >= 15 is 0 Å². The molecule has 6 heteroatoms. The summed E-state index contributed by atoms with van der Waals surface area (Å²) in [5.41, 5.74) is 6.03. The number of ether oxygens (including phenoxy) is 1. The highest BCUT2D eigenvalue weighted by Crippen LogP contribution is 2.10. The topological polar surface area (TPSA) is 83.2 Å². The first-order valence-corrected chi connectivity index (χ1v) is 6.07. The molecule has 1 heterocycles. The van der Waals surface area contributed by atoms with E-state index in [0.717, 1.165) is 5.56 Å². The van der Waals surface area contributed by atoms with Crippen LogP contribution in [0.4, 0.5) is 0 Å². The van der Waals surface area contributed by atoms with Gasteiger partial charge in [0.2, 0.25) is 0 Å². The van der Waals surface area contributed by atoms with Crippen molar-refractivity contribution in [1.82, 2.24) is 15.8 Å². The number of hydrogen-bond acceptors (Lipinski definition) is 3. The van der Waals surface area contributed by atoms with E-state index in [9.17, 15) is 9.59 Å². The lowest BCUT2D eigenvalue weighted by molar-refractivity contribution is -0.123. The van der Waals surface area contributed by atoms with Gasteiger partial charge in [-0.25, -0.2) is 0 Å². The molecule has 0 saturated heterocycles. The second kappa shape index (κ2) is 6.42. The number of nitrogens with one attached hydrogen (secondary N) is 3. The van der Waals surface area contributed by atoms with Crippen molar-refractivity contribution in [3.05, 3.63) is 53.9 Å². The SMILES string of the molecule is Cc1ccc(OCC(=O)NNC(=O)c2ccc[nH]2)cc1. The predicted molar refractivity (Wildman–Crippen MR) is 73.1 cm³/mol. The minimum atomic E-state index is -0.439. The lowest BCUT2D eigenvalue weighted by atomic mass is 10.2. The molecule has 0 aliphatic rings. The van der Waals surface area contributed by atoms with Crippen LogP contribution >= 0.6 is 0 Å². The van der Waals surface area contributed by atoms with Crippen LogP contribution in [0.2, 0.25) is 0 Å². The minimum Gasteiger partial charge on any atom is -0.484 e. The molecule has 1 aromatic heterocycles. The van der Waals surface area contributed by atoms with Crippen LogP contribution in [0.15, 0.2) is 42.6 Å². The van der Waals surface area contributed by atoms with Gasteiger partial charge in [-0.1, -0.05) is 17.7 Å². The van der Waals surface area contributed by atoms with E-state index in [1.807, 2.05) is 19.1 Å². The summed E-state index contributed by atoms with van der Waals surface area (Å²) in [5, 5.41) is 0. The Labute approximate surface area is 116 Å². The van der Waals surface area contributed by atoms with E-state index in [1.54, 1.807) is 30.5 Å². The van der Waals surface area contributed by atoms with Crippen molar-refractivity contribution in [2.45, 2.75) is 6.92 Å². The molecule has 0 aliphatic heterocycles. The number of carbonyl (C=O) groups is 2. The molecule has 1 aromatic carbocycles. The summed E-state index contributed by atoms with van der Waals surface area (Å²) in [7, 11) is 0. The summed E-state index contributed by atoms with van der Waals surface area (Å²) in [5.74, 6) is -0.259. The fourth-order valence-corrected chi connectivity index (χ4v) is 1.48. The van der Waals surface area contributed by atoms with Gasteiger partial charge in [-0.3, -0.25) is 20.4 Å². The van der Waals surface area contributed by atoms with Crippen LogP contribution < -0.4 is 15.6 Å². The molecule has 0 spiro atoms. The van der Waals surface area contributed by atoms with Crippen molar-refractivity contribution in [2.24, 2.45) is 0 Å². The maximum Gasteiger partial charge on any atom is 0.286 e. The maximum absolute atomic E-state index is 11.5. The third-order valence-electron chi connectivity index (χ3n) is 2.55. The zero-order chi connectivity index (χ0) is 14.4. The molecule has 20 heavy (non-hydrogen) atoms. The molecule has 2 amide bonds. The molecule has 0 bridgehead atoms. The smallest absolute Gasteiger partial charge is 0.286 e. The zero-order valence-electron chi connectivity index (χ0n) is 11.0. The first-order valence-electron chi connectivity index (χ1n) is 6.07. The monoisotopic (exact) mass is 273 g/mol. The van der Waals surface area contributed by atoms with E-state index < -0.39 is 11.8 Å². The number of aromatic nitrogens is 1. The van der Waals surface area contributed by atoms with E-state index in [1.165, 1.54) is 0 Å². The van der Waals surface area contributed by atoms with Crippen LogP contribution in [0.3, 0.4) is 0 Å². The van der Waals surface area contributed by atoms with Crippen LogP contribution in [0.25, 0.3) is 0 Å². The highest BCUT2D eigenvalue weighted by Gasteiger charge is 2.07. The van der Waals surface area contributed by atoms with Crippen molar-refractivity contribution in [2.75, 3.05) is 6.61 Å². The Bertz CT molecular complexity index is 576. The number of amides is 2. The highest BCUT2D eigenvalue weighted by atomic mass is 16.5. The van der Waals surface area contributed by atoms with E-state index in [0.29, 0.717) is 11.4 Å². The van der Waals surface area contributed by atoms with Gasteiger partial charge in [0.1, 0.15) is 11.4 Å². The molecule has 104 valence electrons. The fraction of sp³-hybridized carbons (Fsp3) is 0.143. The molecule has 0 atom stereocenters. The van der Waals surface area contributed by atoms with E-state index in [2.05, 4.69) is 15.8 Å². The van der Waals surface area contributed by atoms with Gasteiger partial charge < -0.3 is 9.72 Å². The summed E-state index contributed by atoms with van der Waals surface area (Å²) in [4.78, 5) is 25.7. The molecule has 6 nitrogen and oxygen atoms in total. The number of H-pyrrole nitrogens is 1. The van der Waals surface area contributed by atoms with Crippen molar-refractivity contribution in [3.63, 3.8) is 0 Å². The van der Waals surface area contributed by atoms with Gasteiger partial charge >= 0.3 is 0 Å². The van der Waals surface area contributed by atoms with Crippen molar-refractivity contribution in [1.29, 1.82) is 0 Å². The van der Waals surface area contributed by atoms with Crippen LogP contribution in [0, 0.1) is 6.92 Å². The number of hydrogen-bond donors (Lipinski definition) is 3. The maximum atomic E-state index is 11.5. The fourth-order valence-electron chi connectivity index (χ4n) is 1.48. The Hall–Kier alpha value is -2.76. The summed E-state index contributed by atoms with van der Waals surface area (Å²) in [6, 6.07) is 10.6. The number of aromatic amines is 1. The van der Waals surface area contributed by atoms with Crippen LogP contribution in [-0.2, 0) is 4.79 Å². The number of hydrazine groups is 1. The van der Waals surface area contributed by atoms with Crippen molar-refractivity contribution >= 4 is 11.8 Å². The average Bonchev–Trinajstić information content (AvgIpc) is 2.98. The van der Waals surface area contributed by atoms with Crippen LogP contribution in [-0.4, -0.2) is 23.4 Å². The molecule has 0 unspecified atom stereocenters. The number of benzene rings is 1. The van der Waals surface area contributed by atoms with Crippen molar-refractivity contribution < 1.29 is 14.3 Å². The van der Waals surface area contributed by atoms with Gasteiger partial charge in [0.25, 0.3) is 11.8 Å². The largest absolute Gasteiger partial charge is 0.484 e. The van der Waals surface area contributed by atoms with E-state index in [-0.39, 0.29) is 6.61 Å². The number of carbonyl (C=O) groups excluding carboxylic acids is 2. The average molecular weight is 273 g/mol. The summed E-state index contributed by atoms with van der Waals surface area (Å²) < 4.78 is 5.27. The Morgan fingerprint density at radius 1 is 1.15 bits per heavy atom. The molecule has 0 saturated carbocycles. The second-order valence-corrected chi connectivity index (χ2v) is 4.19. The molecular formula is C14H15N3O3. The summed E-state index contributed by atoms with van der Waals surface area (Å²) >= 11 is 0. The molecule has 0 aliphatic carbocycles. The highest BCUT2D eigenvalue weighted by molar-refractivity contribution is 5.93. The van der Waals surface area contributed by atoms with Crippen LogP contribution in [0.5, 0.6) is 5.75 Å². The normalized spacial score (nSPS) is 9.85. The molecule has 0 fully saturated rings. The Kier molecular flexibility index (Phi) is 4.39. The Morgan fingerprint density at radius 2 is 1.90 bits per heavy atom.